The minimum absolute atomic E-state index is 0.136. The molecule has 3 aromatic rings. The maximum Gasteiger partial charge on any atom is 0.293 e. The Kier molecular flexibility index (Phi) is 9.69. The number of rotatable bonds is 11. The van der Waals surface area contributed by atoms with Gasteiger partial charge in [0.25, 0.3) is 16.8 Å². The number of carbonyl (C=O) groups is 3. The van der Waals surface area contributed by atoms with Crippen LogP contribution in [0.2, 0.25) is 10.0 Å². The summed E-state index contributed by atoms with van der Waals surface area (Å²) in [6.07, 6.45) is 1.56. The number of Topliss-reactive ketones (excluding diaryl/α,β-unsaturated/α-hetero) is 1. The van der Waals surface area contributed by atoms with Gasteiger partial charge < -0.3 is 9.64 Å². The van der Waals surface area contributed by atoms with E-state index in [1.165, 1.54) is 24.3 Å². The second-order valence-corrected chi connectivity index (χ2v) is 10.8. The third kappa shape index (κ3) is 7.08. The lowest BCUT2D eigenvalue weighted by molar-refractivity contribution is -0.384. The molecule has 9 nitrogen and oxygen atoms in total. The second kappa shape index (κ2) is 13.2. The Morgan fingerprint density at radius 3 is 2.39 bits per heavy atom. The van der Waals surface area contributed by atoms with Crippen LogP contribution in [0.4, 0.5) is 16.2 Å². The zero-order chi connectivity index (χ0) is 29.7. The minimum Gasteiger partial charge on any atom is -0.488 e. The van der Waals surface area contributed by atoms with E-state index in [0.717, 1.165) is 41.0 Å². The van der Waals surface area contributed by atoms with Crippen LogP contribution in [0.5, 0.6) is 5.75 Å². The van der Waals surface area contributed by atoms with Crippen LogP contribution in [0.1, 0.15) is 35.3 Å². The lowest BCUT2D eigenvalue weighted by atomic mass is 10.1. The number of nitrogens with zero attached hydrogens (tertiary/aromatic N) is 3. The van der Waals surface area contributed by atoms with Gasteiger partial charge in [0.15, 0.2) is 5.78 Å². The Hall–Kier alpha value is -3.86. The summed E-state index contributed by atoms with van der Waals surface area (Å²) in [4.78, 5) is 52.0. The number of benzene rings is 3. The fourth-order valence-electron chi connectivity index (χ4n) is 4.13. The molecule has 0 saturated carbocycles. The van der Waals surface area contributed by atoms with E-state index in [1.54, 1.807) is 24.3 Å². The maximum absolute atomic E-state index is 13.2. The summed E-state index contributed by atoms with van der Waals surface area (Å²) in [7, 11) is 0. The van der Waals surface area contributed by atoms with Crippen LogP contribution < -0.4 is 9.64 Å². The van der Waals surface area contributed by atoms with E-state index in [1.807, 2.05) is 32.0 Å². The molecule has 41 heavy (non-hydrogen) atoms. The number of halogens is 2. The molecule has 0 aliphatic carbocycles. The highest BCUT2D eigenvalue weighted by Crippen LogP contribution is 2.36. The molecule has 0 bridgehead atoms. The topological polar surface area (TPSA) is 110 Å². The Morgan fingerprint density at radius 1 is 1.05 bits per heavy atom. The summed E-state index contributed by atoms with van der Waals surface area (Å²) in [6, 6.07) is 15.7. The van der Waals surface area contributed by atoms with Crippen LogP contribution in [0.3, 0.4) is 0 Å². The number of non-ortho nitro benzene ring substituents is 1. The first-order chi connectivity index (χ1) is 19.6. The molecule has 2 amide bonds. The van der Waals surface area contributed by atoms with Crippen LogP contribution in [0, 0.1) is 10.1 Å². The van der Waals surface area contributed by atoms with Crippen molar-refractivity contribution < 1.29 is 24.0 Å². The summed E-state index contributed by atoms with van der Waals surface area (Å²) in [5.74, 6) is -0.653. The van der Waals surface area contributed by atoms with Gasteiger partial charge >= 0.3 is 0 Å². The molecule has 3 aromatic carbocycles. The summed E-state index contributed by atoms with van der Waals surface area (Å²) in [6.45, 7) is 5.29. The molecule has 1 aliphatic rings. The predicted molar refractivity (Wildman–Crippen MR) is 161 cm³/mol. The molecule has 1 heterocycles. The predicted octanol–water partition coefficient (Wildman–Crippen LogP) is 7.25. The third-order valence-corrected chi connectivity index (χ3v) is 7.88. The number of amides is 2. The SMILES string of the molecule is CCN(CC)c1ccc(/C=C2/SC(=O)N(CC(=O)c3ccc([N+](=O)[O-])cc3)C2=O)c(OCc2ccc(Cl)cc2Cl)c1. The molecule has 0 unspecified atom stereocenters. The Labute approximate surface area is 250 Å². The third-order valence-electron chi connectivity index (χ3n) is 6.39. The van der Waals surface area contributed by atoms with Crippen molar-refractivity contribution in [2.75, 3.05) is 24.5 Å². The quantitative estimate of drug-likeness (QED) is 0.0962. The number of anilines is 1. The standard InChI is InChI=1S/C29H25Cl2N3O6S/c1-3-32(4-2)23-12-8-19(26(15-23)40-17-20-5-9-21(30)14-24(20)31)13-27-28(36)33(29(37)41-27)16-25(35)18-6-10-22(11-7-18)34(38)39/h5-15H,3-4,16-17H2,1-2H3/b27-13+. The average molecular weight is 615 g/mol. The lowest BCUT2D eigenvalue weighted by Crippen LogP contribution is -2.33. The van der Waals surface area contributed by atoms with Gasteiger partial charge in [-0.15, -0.1) is 0 Å². The van der Waals surface area contributed by atoms with Crippen molar-refractivity contribution in [3.63, 3.8) is 0 Å². The van der Waals surface area contributed by atoms with E-state index in [4.69, 9.17) is 27.9 Å². The van der Waals surface area contributed by atoms with E-state index in [2.05, 4.69) is 4.90 Å². The molecule has 212 valence electrons. The van der Waals surface area contributed by atoms with Crippen molar-refractivity contribution in [2.24, 2.45) is 0 Å². The highest BCUT2D eigenvalue weighted by atomic mass is 35.5. The lowest BCUT2D eigenvalue weighted by Gasteiger charge is -2.22. The van der Waals surface area contributed by atoms with Gasteiger partial charge in [0, 0.05) is 63.7 Å². The number of carbonyl (C=O) groups excluding carboxylic acids is 3. The van der Waals surface area contributed by atoms with Crippen LogP contribution in [0.15, 0.2) is 65.6 Å². The molecule has 0 N–H and O–H groups in total. The number of ether oxygens (including phenoxy) is 1. The first kappa shape index (κ1) is 30.1. The van der Waals surface area contributed by atoms with Gasteiger partial charge in [-0.3, -0.25) is 29.4 Å². The smallest absolute Gasteiger partial charge is 0.293 e. The van der Waals surface area contributed by atoms with Gasteiger partial charge in [-0.25, -0.2) is 0 Å². The molecule has 1 aliphatic heterocycles. The fourth-order valence-corrected chi connectivity index (χ4v) is 5.42. The van der Waals surface area contributed by atoms with Gasteiger partial charge in [0.2, 0.25) is 0 Å². The first-order valence-electron chi connectivity index (χ1n) is 12.6. The van der Waals surface area contributed by atoms with E-state index >= 15 is 0 Å². The number of nitro benzene ring substituents is 1. The summed E-state index contributed by atoms with van der Waals surface area (Å²) < 4.78 is 6.15. The number of hydrogen-bond donors (Lipinski definition) is 0. The van der Waals surface area contributed by atoms with Gasteiger partial charge in [-0.05, 0) is 68.1 Å². The number of hydrogen-bond acceptors (Lipinski definition) is 8. The Balaban J connectivity index is 1.58. The van der Waals surface area contributed by atoms with Gasteiger partial charge in [-0.2, -0.15) is 0 Å². The number of imide groups is 1. The highest BCUT2D eigenvalue weighted by molar-refractivity contribution is 8.18. The van der Waals surface area contributed by atoms with Gasteiger partial charge in [0.1, 0.15) is 12.4 Å². The van der Waals surface area contributed by atoms with E-state index in [0.29, 0.717) is 21.4 Å². The molecule has 1 saturated heterocycles. The molecule has 0 spiro atoms. The van der Waals surface area contributed by atoms with Crippen LogP contribution in [0.25, 0.3) is 6.08 Å². The zero-order valence-corrected chi connectivity index (χ0v) is 24.5. The van der Waals surface area contributed by atoms with Crippen molar-refractivity contribution in [1.29, 1.82) is 0 Å². The largest absolute Gasteiger partial charge is 0.488 e. The van der Waals surface area contributed by atoms with Crippen LogP contribution in [-0.4, -0.2) is 46.4 Å². The second-order valence-electron chi connectivity index (χ2n) is 8.91. The number of nitro groups is 1. The van der Waals surface area contributed by atoms with Crippen molar-refractivity contribution in [1.82, 2.24) is 4.90 Å². The Morgan fingerprint density at radius 2 is 1.76 bits per heavy atom. The average Bonchev–Trinajstić information content (AvgIpc) is 3.21. The summed E-state index contributed by atoms with van der Waals surface area (Å²) in [5.41, 5.74) is 2.20. The molecular weight excluding hydrogens is 589 g/mol. The Bertz CT molecular complexity index is 1540. The molecule has 0 radical (unpaired) electrons. The van der Waals surface area contributed by atoms with Crippen molar-refractivity contribution >= 4 is 69.3 Å². The van der Waals surface area contributed by atoms with Crippen LogP contribution >= 0.6 is 35.0 Å². The number of thioether (sulfide) groups is 1. The molecule has 12 heteroatoms. The number of ketones is 1. The minimum atomic E-state index is -0.616. The summed E-state index contributed by atoms with van der Waals surface area (Å²) in [5, 5.41) is 11.2. The van der Waals surface area contributed by atoms with E-state index < -0.39 is 28.4 Å². The van der Waals surface area contributed by atoms with Gasteiger partial charge in [-0.1, -0.05) is 29.3 Å². The van der Waals surface area contributed by atoms with Crippen molar-refractivity contribution in [3.05, 3.63) is 102 Å². The molecule has 0 aromatic heterocycles. The normalized spacial score (nSPS) is 14.0. The zero-order valence-electron chi connectivity index (χ0n) is 22.1. The van der Waals surface area contributed by atoms with Crippen LogP contribution in [-0.2, 0) is 11.4 Å². The monoisotopic (exact) mass is 613 g/mol. The maximum atomic E-state index is 13.2. The molecule has 0 atom stereocenters. The highest BCUT2D eigenvalue weighted by Gasteiger charge is 2.36. The molecule has 1 fully saturated rings. The summed E-state index contributed by atoms with van der Waals surface area (Å²) >= 11 is 13.1. The fraction of sp³-hybridized carbons (Fsp3) is 0.207. The van der Waals surface area contributed by atoms with E-state index in [-0.39, 0.29) is 22.8 Å². The van der Waals surface area contributed by atoms with Crippen molar-refractivity contribution in [3.8, 4) is 5.75 Å². The molecular formula is C29H25Cl2N3O6S. The van der Waals surface area contributed by atoms with Gasteiger partial charge in [0.05, 0.1) is 16.4 Å². The van der Waals surface area contributed by atoms with E-state index in [9.17, 15) is 24.5 Å². The van der Waals surface area contributed by atoms with Crippen molar-refractivity contribution in [2.45, 2.75) is 20.5 Å². The molecule has 4 rings (SSSR count). The first-order valence-corrected chi connectivity index (χ1v) is 14.2.